The third-order valence-electron chi connectivity index (χ3n) is 5.66. The van der Waals surface area contributed by atoms with Crippen molar-refractivity contribution < 1.29 is 14.0 Å². The number of halogens is 1. The predicted octanol–water partition coefficient (Wildman–Crippen LogP) is 4.47. The minimum Gasteiger partial charge on any atom is -0.332 e. The van der Waals surface area contributed by atoms with Crippen LogP contribution in [0.5, 0.6) is 0 Å². The fourth-order valence-corrected chi connectivity index (χ4v) is 3.97. The summed E-state index contributed by atoms with van der Waals surface area (Å²) in [6, 6.07) is 15.0. The highest BCUT2D eigenvalue weighted by Crippen LogP contribution is 2.30. The van der Waals surface area contributed by atoms with Crippen LogP contribution in [0.25, 0.3) is 0 Å². The van der Waals surface area contributed by atoms with Gasteiger partial charge in [-0.05, 0) is 56.0 Å². The molecule has 0 aliphatic carbocycles. The Labute approximate surface area is 186 Å². The number of benzene rings is 2. The molecule has 2 amide bonds. The van der Waals surface area contributed by atoms with Gasteiger partial charge in [0.2, 0.25) is 5.91 Å². The molecule has 1 N–H and O–H groups in total. The molecule has 4 rings (SSSR count). The average Bonchev–Trinajstić information content (AvgIpc) is 2.81. The van der Waals surface area contributed by atoms with Crippen molar-refractivity contribution in [3.05, 3.63) is 89.3 Å². The zero-order valence-corrected chi connectivity index (χ0v) is 17.9. The van der Waals surface area contributed by atoms with Crippen LogP contribution >= 0.6 is 0 Å². The summed E-state index contributed by atoms with van der Waals surface area (Å²) in [6.45, 7) is 2.40. The molecule has 1 atom stereocenters. The highest BCUT2D eigenvalue weighted by molar-refractivity contribution is 6.04. The fourth-order valence-electron chi connectivity index (χ4n) is 3.97. The van der Waals surface area contributed by atoms with E-state index in [9.17, 15) is 14.0 Å². The van der Waals surface area contributed by atoms with Crippen LogP contribution in [0.15, 0.2) is 60.8 Å². The molecule has 1 saturated heterocycles. The lowest BCUT2D eigenvalue weighted by molar-refractivity contribution is -0.134. The van der Waals surface area contributed by atoms with E-state index in [2.05, 4.69) is 15.3 Å². The number of para-hydroxylation sites is 1. The van der Waals surface area contributed by atoms with Crippen molar-refractivity contribution in [3.8, 4) is 0 Å². The van der Waals surface area contributed by atoms with E-state index < -0.39 is 0 Å². The number of hydrogen-bond donors (Lipinski definition) is 1. The van der Waals surface area contributed by atoms with Gasteiger partial charge in [0.1, 0.15) is 5.82 Å². The van der Waals surface area contributed by atoms with Gasteiger partial charge in [-0.25, -0.2) is 14.4 Å². The Balaban J connectivity index is 1.50. The molecule has 0 saturated carbocycles. The zero-order valence-electron chi connectivity index (χ0n) is 17.9. The molecule has 6 nitrogen and oxygen atoms in total. The van der Waals surface area contributed by atoms with E-state index in [-0.39, 0.29) is 30.1 Å². The van der Waals surface area contributed by atoms with E-state index in [4.69, 9.17) is 0 Å². The minimum atomic E-state index is -0.322. The number of amides is 2. The molecular weight excluding hydrogens is 407 g/mol. The first-order chi connectivity index (χ1) is 15.5. The van der Waals surface area contributed by atoms with Crippen LogP contribution in [-0.2, 0) is 11.2 Å². The minimum absolute atomic E-state index is 0.0338. The van der Waals surface area contributed by atoms with Gasteiger partial charge >= 0.3 is 0 Å². The molecule has 0 bridgehead atoms. The monoisotopic (exact) mass is 432 g/mol. The standard InChI is InChI=1S/C25H25FN4O2/c1-17-21(25(32)29-20-7-3-2-4-8-20)16-27-24(28-17)22-9-5-6-14-30(22)23(31)15-18-10-12-19(26)13-11-18/h2-4,7-8,10-13,16,22H,5-6,9,14-15H2,1H3,(H,29,32)/t22-/m1/s1. The summed E-state index contributed by atoms with van der Waals surface area (Å²) in [4.78, 5) is 36.5. The first-order valence-electron chi connectivity index (χ1n) is 10.7. The van der Waals surface area contributed by atoms with Crippen molar-refractivity contribution in [1.82, 2.24) is 14.9 Å². The maximum Gasteiger partial charge on any atom is 0.259 e. The smallest absolute Gasteiger partial charge is 0.259 e. The lowest BCUT2D eigenvalue weighted by Gasteiger charge is -2.35. The number of carbonyl (C=O) groups excluding carboxylic acids is 2. The first kappa shape index (κ1) is 21.6. The Morgan fingerprint density at radius 2 is 1.84 bits per heavy atom. The molecule has 2 aromatic carbocycles. The number of aryl methyl sites for hydroxylation is 1. The van der Waals surface area contributed by atoms with Crippen LogP contribution in [0.4, 0.5) is 10.1 Å². The van der Waals surface area contributed by atoms with Gasteiger partial charge in [0, 0.05) is 18.4 Å². The Morgan fingerprint density at radius 3 is 2.56 bits per heavy atom. The Bertz CT molecular complexity index is 1100. The van der Waals surface area contributed by atoms with Crippen LogP contribution in [0.1, 0.15) is 52.7 Å². The van der Waals surface area contributed by atoms with Gasteiger partial charge < -0.3 is 10.2 Å². The summed E-state index contributed by atoms with van der Waals surface area (Å²) in [5.74, 6) is -0.0789. The van der Waals surface area contributed by atoms with Gasteiger partial charge in [0.15, 0.2) is 5.82 Å². The van der Waals surface area contributed by atoms with Crippen molar-refractivity contribution in [2.75, 3.05) is 11.9 Å². The summed E-state index contributed by atoms with van der Waals surface area (Å²) in [5.41, 5.74) is 2.44. The Morgan fingerprint density at radius 1 is 1.09 bits per heavy atom. The Kier molecular flexibility index (Phi) is 6.54. The number of rotatable bonds is 5. The second-order valence-corrected chi connectivity index (χ2v) is 7.95. The summed E-state index contributed by atoms with van der Waals surface area (Å²) >= 11 is 0. The van der Waals surface area contributed by atoms with Crippen molar-refractivity contribution in [1.29, 1.82) is 0 Å². The SMILES string of the molecule is Cc1nc([C@H]2CCCCN2C(=O)Cc2ccc(F)cc2)ncc1C(=O)Nc1ccccc1. The van der Waals surface area contributed by atoms with E-state index in [1.165, 1.54) is 18.3 Å². The normalized spacial score (nSPS) is 15.9. The molecule has 32 heavy (non-hydrogen) atoms. The molecule has 0 radical (unpaired) electrons. The topological polar surface area (TPSA) is 75.2 Å². The second-order valence-electron chi connectivity index (χ2n) is 7.95. The number of piperidine rings is 1. The number of likely N-dealkylation sites (tertiary alicyclic amines) is 1. The predicted molar refractivity (Wildman–Crippen MR) is 120 cm³/mol. The molecular formula is C25H25FN4O2. The van der Waals surface area contributed by atoms with Crippen molar-refractivity contribution in [2.45, 2.75) is 38.6 Å². The van der Waals surface area contributed by atoms with Gasteiger partial charge in [-0.15, -0.1) is 0 Å². The lowest BCUT2D eigenvalue weighted by atomic mass is 9.99. The van der Waals surface area contributed by atoms with Crippen molar-refractivity contribution >= 4 is 17.5 Å². The highest BCUT2D eigenvalue weighted by Gasteiger charge is 2.30. The molecule has 1 aliphatic rings. The maximum atomic E-state index is 13.2. The largest absolute Gasteiger partial charge is 0.332 e. The third kappa shape index (κ3) is 4.99. The maximum absolute atomic E-state index is 13.2. The zero-order chi connectivity index (χ0) is 22.5. The van der Waals surface area contributed by atoms with Gasteiger partial charge in [0.25, 0.3) is 5.91 Å². The first-order valence-corrected chi connectivity index (χ1v) is 10.7. The molecule has 1 fully saturated rings. The molecule has 0 spiro atoms. The van der Waals surface area contributed by atoms with Gasteiger partial charge in [-0.3, -0.25) is 9.59 Å². The number of anilines is 1. The summed E-state index contributed by atoms with van der Waals surface area (Å²) in [6.07, 6.45) is 4.40. The van der Waals surface area contributed by atoms with Crippen LogP contribution < -0.4 is 5.32 Å². The average molecular weight is 432 g/mol. The molecule has 1 aliphatic heterocycles. The number of carbonyl (C=O) groups is 2. The van der Waals surface area contributed by atoms with Gasteiger partial charge in [0.05, 0.1) is 23.7 Å². The third-order valence-corrected chi connectivity index (χ3v) is 5.66. The Hall–Kier alpha value is -3.61. The second kappa shape index (κ2) is 9.68. The molecule has 7 heteroatoms. The van der Waals surface area contributed by atoms with Crippen LogP contribution in [-0.4, -0.2) is 33.2 Å². The van der Waals surface area contributed by atoms with Gasteiger partial charge in [-0.1, -0.05) is 30.3 Å². The molecule has 2 heterocycles. The number of nitrogens with one attached hydrogen (secondary N) is 1. The molecule has 3 aromatic rings. The van der Waals surface area contributed by atoms with E-state index in [0.29, 0.717) is 29.3 Å². The molecule has 1 aromatic heterocycles. The van der Waals surface area contributed by atoms with Crippen LogP contribution in [0.2, 0.25) is 0 Å². The fraction of sp³-hybridized carbons (Fsp3) is 0.280. The highest BCUT2D eigenvalue weighted by atomic mass is 19.1. The molecule has 0 unspecified atom stereocenters. The van der Waals surface area contributed by atoms with E-state index in [1.807, 2.05) is 35.2 Å². The van der Waals surface area contributed by atoms with Crippen LogP contribution in [0, 0.1) is 12.7 Å². The van der Waals surface area contributed by atoms with Crippen molar-refractivity contribution in [2.24, 2.45) is 0 Å². The number of hydrogen-bond acceptors (Lipinski definition) is 4. The number of nitrogens with zero attached hydrogens (tertiary/aromatic N) is 3. The quantitative estimate of drug-likeness (QED) is 0.645. The summed E-state index contributed by atoms with van der Waals surface area (Å²) in [5, 5.41) is 2.85. The number of aromatic nitrogens is 2. The molecule has 164 valence electrons. The summed E-state index contributed by atoms with van der Waals surface area (Å²) < 4.78 is 13.2. The van der Waals surface area contributed by atoms with Crippen LogP contribution in [0.3, 0.4) is 0 Å². The van der Waals surface area contributed by atoms with Gasteiger partial charge in [-0.2, -0.15) is 0 Å². The van der Waals surface area contributed by atoms with Crippen molar-refractivity contribution in [3.63, 3.8) is 0 Å². The summed E-state index contributed by atoms with van der Waals surface area (Å²) in [7, 11) is 0. The van der Waals surface area contributed by atoms with E-state index in [0.717, 1.165) is 24.8 Å². The lowest BCUT2D eigenvalue weighted by Crippen LogP contribution is -2.40. The van der Waals surface area contributed by atoms with E-state index >= 15 is 0 Å². The van der Waals surface area contributed by atoms with E-state index in [1.54, 1.807) is 19.1 Å².